The summed E-state index contributed by atoms with van der Waals surface area (Å²) in [5.41, 5.74) is 2.76. The van der Waals surface area contributed by atoms with Crippen LogP contribution in [-0.4, -0.2) is 39.9 Å². The van der Waals surface area contributed by atoms with E-state index in [1.807, 2.05) is 32.2 Å². The molecule has 0 aliphatic heterocycles. The van der Waals surface area contributed by atoms with E-state index < -0.39 is 12.2 Å². The predicted octanol–water partition coefficient (Wildman–Crippen LogP) is 2.90. The maximum atomic E-state index is 10.6. The van der Waals surface area contributed by atoms with Crippen LogP contribution >= 0.6 is 0 Å². The van der Waals surface area contributed by atoms with Gasteiger partial charge in [-0.1, -0.05) is 61.5 Å². The van der Waals surface area contributed by atoms with Gasteiger partial charge in [0.1, 0.15) is 0 Å². The lowest BCUT2D eigenvalue weighted by Gasteiger charge is -2.31. The van der Waals surface area contributed by atoms with Crippen LogP contribution in [-0.2, 0) is 6.61 Å². The fourth-order valence-electron chi connectivity index (χ4n) is 2.94. The molecule has 0 amide bonds. The second kappa shape index (κ2) is 9.11. The van der Waals surface area contributed by atoms with Crippen LogP contribution in [0.25, 0.3) is 0 Å². The molecule has 0 aromatic heterocycles. The maximum absolute atomic E-state index is 10.6. The van der Waals surface area contributed by atoms with E-state index in [0.29, 0.717) is 6.54 Å². The minimum atomic E-state index is -0.747. The fourth-order valence-corrected chi connectivity index (χ4v) is 2.94. The Morgan fingerprint density at radius 2 is 1.48 bits per heavy atom. The average Bonchev–Trinajstić information content (AvgIpc) is 2.66. The van der Waals surface area contributed by atoms with E-state index in [1.165, 1.54) is 5.56 Å². The van der Waals surface area contributed by atoms with Gasteiger partial charge in [-0.25, -0.2) is 0 Å². The fraction of sp³-hybridized carbons (Fsp3) is 0.429. The Bertz CT molecular complexity index is 629. The summed E-state index contributed by atoms with van der Waals surface area (Å²) in [6.07, 6.45) is -1.40. The smallest absolute Gasteiger partial charge is 0.0840 e. The van der Waals surface area contributed by atoms with Gasteiger partial charge in [0.05, 0.1) is 18.8 Å². The van der Waals surface area contributed by atoms with E-state index in [0.717, 1.165) is 11.1 Å². The Kier molecular flexibility index (Phi) is 7.14. The van der Waals surface area contributed by atoms with Gasteiger partial charge in [-0.2, -0.15) is 0 Å². The average molecular weight is 343 g/mol. The topological polar surface area (TPSA) is 63.9 Å². The summed E-state index contributed by atoms with van der Waals surface area (Å²) in [5, 5.41) is 30.2. The van der Waals surface area contributed by atoms with Crippen molar-refractivity contribution in [3.05, 3.63) is 71.3 Å². The molecule has 0 saturated carbocycles. The summed E-state index contributed by atoms with van der Waals surface area (Å²) in [7, 11) is 1.98. The summed E-state index contributed by atoms with van der Waals surface area (Å²) < 4.78 is 0. The van der Waals surface area contributed by atoms with Gasteiger partial charge in [-0.3, -0.25) is 4.90 Å². The van der Waals surface area contributed by atoms with Crippen LogP contribution < -0.4 is 0 Å². The molecule has 0 aliphatic carbocycles. The van der Waals surface area contributed by atoms with Crippen LogP contribution in [0.5, 0.6) is 0 Å². The first-order valence-corrected chi connectivity index (χ1v) is 8.75. The summed E-state index contributed by atoms with van der Waals surface area (Å²) in [6, 6.07) is 17.5. The standard InChI is InChI=1S/C21H29NO3/c1-15(21(25)19-11-9-17(14-23)10-12-19)20(24)13-22(3)16(2)18-7-5-4-6-8-18/h4-12,15-16,20-21,23-25H,13-14H2,1-3H3. The van der Waals surface area contributed by atoms with Crippen molar-refractivity contribution in [1.82, 2.24) is 4.90 Å². The lowest BCUT2D eigenvalue weighted by Crippen LogP contribution is -2.37. The number of hydrogen-bond acceptors (Lipinski definition) is 4. The number of rotatable bonds is 8. The Hall–Kier alpha value is -1.72. The van der Waals surface area contributed by atoms with Crippen molar-refractivity contribution in [2.45, 2.75) is 38.7 Å². The van der Waals surface area contributed by atoms with E-state index in [1.54, 1.807) is 24.3 Å². The minimum absolute atomic E-state index is 0.0171. The number of aliphatic hydroxyl groups is 3. The van der Waals surface area contributed by atoms with E-state index in [-0.39, 0.29) is 18.6 Å². The molecule has 25 heavy (non-hydrogen) atoms. The van der Waals surface area contributed by atoms with Crippen LogP contribution in [0.4, 0.5) is 0 Å². The first-order chi connectivity index (χ1) is 11.9. The number of hydrogen-bond donors (Lipinski definition) is 3. The van der Waals surface area contributed by atoms with Crippen LogP contribution in [0.15, 0.2) is 54.6 Å². The van der Waals surface area contributed by atoms with E-state index in [4.69, 9.17) is 5.11 Å². The van der Waals surface area contributed by atoms with Crippen molar-refractivity contribution in [1.29, 1.82) is 0 Å². The molecule has 3 N–H and O–H groups in total. The summed E-state index contributed by atoms with van der Waals surface area (Å²) in [5.74, 6) is -0.301. The molecule has 2 aromatic carbocycles. The molecule has 4 atom stereocenters. The van der Waals surface area contributed by atoms with Crippen molar-refractivity contribution in [3.63, 3.8) is 0 Å². The van der Waals surface area contributed by atoms with Crippen LogP contribution in [0.3, 0.4) is 0 Å². The highest BCUT2D eigenvalue weighted by molar-refractivity contribution is 5.24. The highest BCUT2D eigenvalue weighted by Gasteiger charge is 2.26. The molecular formula is C21H29NO3. The SMILES string of the molecule is CC(C(O)CN(C)C(C)c1ccccc1)C(O)c1ccc(CO)cc1. The normalized spacial score (nSPS) is 16.4. The highest BCUT2D eigenvalue weighted by Crippen LogP contribution is 2.27. The van der Waals surface area contributed by atoms with Crippen molar-refractivity contribution < 1.29 is 15.3 Å². The van der Waals surface area contributed by atoms with Crippen molar-refractivity contribution in [3.8, 4) is 0 Å². The largest absolute Gasteiger partial charge is 0.392 e. The molecule has 136 valence electrons. The van der Waals surface area contributed by atoms with Gasteiger partial charge in [0, 0.05) is 18.5 Å². The zero-order chi connectivity index (χ0) is 18.4. The summed E-state index contributed by atoms with van der Waals surface area (Å²) in [6.45, 7) is 4.42. The zero-order valence-electron chi connectivity index (χ0n) is 15.2. The third kappa shape index (κ3) is 5.13. The third-order valence-corrected chi connectivity index (χ3v) is 5.03. The lowest BCUT2D eigenvalue weighted by atomic mass is 9.91. The first kappa shape index (κ1) is 19.6. The molecular weight excluding hydrogens is 314 g/mol. The Morgan fingerprint density at radius 3 is 2.04 bits per heavy atom. The number of benzene rings is 2. The molecule has 0 radical (unpaired) electrons. The highest BCUT2D eigenvalue weighted by atomic mass is 16.3. The lowest BCUT2D eigenvalue weighted by molar-refractivity contribution is 0.000265. The van der Waals surface area contributed by atoms with Gasteiger partial charge in [0.2, 0.25) is 0 Å². The molecule has 0 spiro atoms. The molecule has 0 saturated heterocycles. The number of likely N-dealkylation sites (N-methyl/N-ethyl adjacent to an activating group) is 1. The molecule has 0 bridgehead atoms. The predicted molar refractivity (Wildman–Crippen MR) is 100.0 cm³/mol. The van der Waals surface area contributed by atoms with E-state index >= 15 is 0 Å². The minimum Gasteiger partial charge on any atom is -0.392 e. The molecule has 0 heterocycles. The Labute approximate surface area is 150 Å². The van der Waals surface area contributed by atoms with Crippen molar-refractivity contribution >= 4 is 0 Å². The zero-order valence-corrected chi connectivity index (χ0v) is 15.2. The van der Waals surface area contributed by atoms with Crippen LogP contribution in [0, 0.1) is 5.92 Å². The number of nitrogens with zero attached hydrogens (tertiary/aromatic N) is 1. The molecule has 2 rings (SSSR count). The number of aliphatic hydroxyl groups excluding tert-OH is 3. The van der Waals surface area contributed by atoms with Gasteiger partial charge in [0.15, 0.2) is 0 Å². The second-order valence-corrected chi connectivity index (χ2v) is 6.80. The quantitative estimate of drug-likeness (QED) is 0.690. The van der Waals surface area contributed by atoms with Gasteiger partial charge in [0.25, 0.3) is 0 Å². The van der Waals surface area contributed by atoms with E-state index in [2.05, 4.69) is 24.0 Å². The van der Waals surface area contributed by atoms with Crippen LogP contribution in [0.2, 0.25) is 0 Å². The Morgan fingerprint density at radius 1 is 0.880 bits per heavy atom. The molecule has 0 aliphatic rings. The molecule has 0 fully saturated rings. The van der Waals surface area contributed by atoms with Crippen LogP contribution in [0.1, 0.15) is 42.7 Å². The van der Waals surface area contributed by atoms with Gasteiger partial charge in [-0.05, 0) is 30.7 Å². The molecule has 4 unspecified atom stereocenters. The second-order valence-electron chi connectivity index (χ2n) is 6.80. The van der Waals surface area contributed by atoms with Gasteiger partial charge >= 0.3 is 0 Å². The molecule has 2 aromatic rings. The van der Waals surface area contributed by atoms with Gasteiger partial charge in [-0.15, -0.1) is 0 Å². The first-order valence-electron chi connectivity index (χ1n) is 8.75. The van der Waals surface area contributed by atoms with Crippen molar-refractivity contribution in [2.75, 3.05) is 13.6 Å². The maximum Gasteiger partial charge on any atom is 0.0840 e. The molecule has 4 heteroatoms. The van der Waals surface area contributed by atoms with Gasteiger partial charge < -0.3 is 15.3 Å². The monoisotopic (exact) mass is 343 g/mol. The van der Waals surface area contributed by atoms with Crippen molar-refractivity contribution in [2.24, 2.45) is 5.92 Å². The summed E-state index contributed by atoms with van der Waals surface area (Å²) >= 11 is 0. The Balaban J connectivity index is 1.97. The molecule has 4 nitrogen and oxygen atoms in total. The van der Waals surface area contributed by atoms with E-state index in [9.17, 15) is 10.2 Å². The third-order valence-electron chi connectivity index (χ3n) is 5.03. The summed E-state index contributed by atoms with van der Waals surface area (Å²) in [4.78, 5) is 2.10.